The summed E-state index contributed by atoms with van der Waals surface area (Å²) in [5.74, 6) is 1.64. The van der Waals surface area contributed by atoms with E-state index in [0.29, 0.717) is 0 Å². The van der Waals surface area contributed by atoms with Crippen LogP contribution in [0.1, 0.15) is 39.5 Å². The Bertz CT molecular complexity index is 1080. The quantitative estimate of drug-likeness (QED) is 0.341. The summed E-state index contributed by atoms with van der Waals surface area (Å²) in [7, 11) is 1.73. The first kappa shape index (κ1) is 17.9. The van der Waals surface area contributed by atoms with Gasteiger partial charge in [-0.15, -0.1) is 0 Å². The standard InChI is InChI=1S/C25H29NO/c1-4-6-9-18(5-2)17-26-24-11-8-7-10-22(24)23-14-12-19-16-20(27-3)13-15-21(19)25(23)26/h7-8,10-16,18H,4-6,9,17H2,1-3H3. The smallest absolute Gasteiger partial charge is 0.119 e. The van der Waals surface area contributed by atoms with E-state index in [4.69, 9.17) is 4.74 Å². The summed E-state index contributed by atoms with van der Waals surface area (Å²) >= 11 is 0. The maximum Gasteiger partial charge on any atom is 0.119 e. The van der Waals surface area contributed by atoms with E-state index in [1.165, 1.54) is 58.3 Å². The summed E-state index contributed by atoms with van der Waals surface area (Å²) in [6.07, 6.45) is 5.12. The molecular formula is C25H29NO. The lowest BCUT2D eigenvalue weighted by Gasteiger charge is -2.18. The third kappa shape index (κ3) is 3.18. The second kappa shape index (κ2) is 7.64. The number of fused-ring (bicyclic) bond motifs is 5. The van der Waals surface area contributed by atoms with Crippen molar-refractivity contribution in [3.05, 3.63) is 54.6 Å². The van der Waals surface area contributed by atoms with Gasteiger partial charge in [0.15, 0.2) is 0 Å². The molecule has 2 heteroatoms. The molecule has 0 amide bonds. The highest BCUT2D eigenvalue weighted by Gasteiger charge is 2.16. The Hall–Kier alpha value is -2.48. The Morgan fingerprint density at radius 2 is 1.74 bits per heavy atom. The molecule has 0 aliphatic carbocycles. The number of benzene rings is 3. The molecule has 0 saturated heterocycles. The Balaban J connectivity index is 1.96. The molecule has 1 aromatic heterocycles. The molecule has 0 aliphatic rings. The van der Waals surface area contributed by atoms with Crippen molar-refractivity contribution in [2.24, 2.45) is 5.92 Å². The lowest BCUT2D eigenvalue weighted by molar-refractivity contribution is 0.401. The molecule has 0 spiro atoms. The normalized spacial score (nSPS) is 12.9. The number of unbranched alkanes of at least 4 members (excludes halogenated alkanes) is 1. The SMILES string of the molecule is CCCCC(CC)Cn1c2ccccc2c2ccc3cc(OC)ccc3c21. The highest BCUT2D eigenvalue weighted by molar-refractivity contribution is 6.17. The molecule has 3 aromatic carbocycles. The van der Waals surface area contributed by atoms with Crippen molar-refractivity contribution < 1.29 is 4.74 Å². The predicted octanol–water partition coefficient (Wildman–Crippen LogP) is 7.17. The van der Waals surface area contributed by atoms with Crippen LogP contribution < -0.4 is 4.74 Å². The van der Waals surface area contributed by atoms with Crippen LogP contribution in [-0.2, 0) is 6.54 Å². The second-order valence-electron chi connectivity index (χ2n) is 7.59. The van der Waals surface area contributed by atoms with E-state index in [9.17, 15) is 0 Å². The van der Waals surface area contributed by atoms with Crippen LogP contribution in [-0.4, -0.2) is 11.7 Å². The first-order chi connectivity index (χ1) is 13.3. The fraction of sp³-hybridized carbons (Fsp3) is 0.360. The average Bonchev–Trinajstić information content (AvgIpc) is 3.04. The molecule has 1 heterocycles. The van der Waals surface area contributed by atoms with E-state index in [-0.39, 0.29) is 0 Å². The topological polar surface area (TPSA) is 14.2 Å². The summed E-state index contributed by atoms with van der Waals surface area (Å²) < 4.78 is 8.02. The molecule has 4 aromatic rings. The molecule has 0 aliphatic heterocycles. The first-order valence-corrected chi connectivity index (χ1v) is 10.2. The summed E-state index contributed by atoms with van der Waals surface area (Å²) in [5.41, 5.74) is 2.72. The molecule has 0 saturated carbocycles. The van der Waals surface area contributed by atoms with Crippen molar-refractivity contribution >= 4 is 32.6 Å². The van der Waals surface area contributed by atoms with Gasteiger partial charge in [-0.05, 0) is 42.0 Å². The number of aromatic nitrogens is 1. The molecule has 0 N–H and O–H groups in total. The van der Waals surface area contributed by atoms with Crippen LogP contribution in [0.25, 0.3) is 32.6 Å². The third-order valence-corrected chi connectivity index (χ3v) is 5.94. The van der Waals surface area contributed by atoms with Crippen LogP contribution in [0.5, 0.6) is 5.75 Å². The Labute approximate surface area is 161 Å². The third-order valence-electron chi connectivity index (χ3n) is 5.94. The van der Waals surface area contributed by atoms with Gasteiger partial charge in [0, 0.05) is 28.2 Å². The van der Waals surface area contributed by atoms with Gasteiger partial charge in [-0.2, -0.15) is 0 Å². The van der Waals surface area contributed by atoms with Crippen molar-refractivity contribution in [2.45, 2.75) is 46.1 Å². The minimum Gasteiger partial charge on any atom is -0.497 e. The number of rotatable bonds is 7. The zero-order chi connectivity index (χ0) is 18.8. The summed E-state index contributed by atoms with van der Waals surface area (Å²) in [6.45, 7) is 5.71. The zero-order valence-electron chi connectivity index (χ0n) is 16.7. The molecule has 4 rings (SSSR count). The second-order valence-corrected chi connectivity index (χ2v) is 7.59. The molecular weight excluding hydrogens is 330 g/mol. The van der Waals surface area contributed by atoms with Crippen molar-refractivity contribution in [3.63, 3.8) is 0 Å². The molecule has 0 bridgehead atoms. The monoisotopic (exact) mass is 359 g/mol. The maximum atomic E-state index is 5.44. The highest BCUT2D eigenvalue weighted by Crippen LogP contribution is 2.36. The maximum absolute atomic E-state index is 5.44. The van der Waals surface area contributed by atoms with Gasteiger partial charge < -0.3 is 9.30 Å². The van der Waals surface area contributed by atoms with Crippen LogP contribution >= 0.6 is 0 Å². The van der Waals surface area contributed by atoms with Gasteiger partial charge in [0.1, 0.15) is 5.75 Å². The molecule has 1 atom stereocenters. The Kier molecular flexibility index (Phi) is 5.07. The molecule has 2 nitrogen and oxygen atoms in total. The fourth-order valence-corrected chi connectivity index (χ4v) is 4.35. The van der Waals surface area contributed by atoms with Gasteiger partial charge in [-0.3, -0.25) is 0 Å². The minimum atomic E-state index is 0.720. The van der Waals surface area contributed by atoms with Gasteiger partial charge in [0.25, 0.3) is 0 Å². The van der Waals surface area contributed by atoms with Crippen molar-refractivity contribution in [3.8, 4) is 5.75 Å². The minimum absolute atomic E-state index is 0.720. The Morgan fingerprint density at radius 1 is 0.926 bits per heavy atom. The number of hydrogen-bond donors (Lipinski definition) is 0. The molecule has 0 fully saturated rings. The van der Waals surface area contributed by atoms with Crippen LogP contribution in [0.3, 0.4) is 0 Å². The average molecular weight is 360 g/mol. The van der Waals surface area contributed by atoms with Crippen molar-refractivity contribution in [1.82, 2.24) is 4.57 Å². The van der Waals surface area contributed by atoms with Crippen LogP contribution in [0.15, 0.2) is 54.6 Å². The van der Waals surface area contributed by atoms with Crippen molar-refractivity contribution in [2.75, 3.05) is 7.11 Å². The molecule has 0 radical (unpaired) electrons. The van der Waals surface area contributed by atoms with Crippen LogP contribution in [0.4, 0.5) is 0 Å². The van der Waals surface area contributed by atoms with E-state index in [0.717, 1.165) is 18.2 Å². The number of methoxy groups -OCH3 is 1. The largest absolute Gasteiger partial charge is 0.497 e. The van der Waals surface area contributed by atoms with Gasteiger partial charge in [0.2, 0.25) is 0 Å². The first-order valence-electron chi connectivity index (χ1n) is 10.2. The predicted molar refractivity (Wildman–Crippen MR) is 117 cm³/mol. The van der Waals surface area contributed by atoms with Crippen LogP contribution in [0.2, 0.25) is 0 Å². The van der Waals surface area contributed by atoms with Gasteiger partial charge in [-0.25, -0.2) is 0 Å². The molecule has 140 valence electrons. The van der Waals surface area contributed by atoms with Gasteiger partial charge in [0.05, 0.1) is 12.6 Å². The van der Waals surface area contributed by atoms with Gasteiger partial charge >= 0.3 is 0 Å². The number of ether oxygens (including phenoxy) is 1. The zero-order valence-corrected chi connectivity index (χ0v) is 16.7. The lowest BCUT2D eigenvalue weighted by atomic mass is 9.99. The summed E-state index contributed by atoms with van der Waals surface area (Å²) in [4.78, 5) is 0. The van der Waals surface area contributed by atoms with Gasteiger partial charge in [-0.1, -0.05) is 63.4 Å². The fourth-order valence-electron chi connectivity index (χ4n) is 4.35. The van der Waals surface area contributed by atoms with Crippen LogP contribution in [0, 0.1) is 5.92 Å². The Morgan fingerprint density at radius 3 is 2.52 bits per heavy atom. The summed E-state index contributed by atoms with van der Waals surface area (Å²) in [6, 6.07) is 19.8. The number of nitrogens with zero attached hydrogens (tertiary/aromatic N) is 1. The van der Waals surface area contributed by atoms with E-state index in [1.54, 1.807) is 7.11 Å². The van der Waals surface area contributed by atoms with E-state index >= 15 is 0 Å². The number of hydrogen-bond acceptors (Lipinski definition) is 1. The lowest BCUT2D eigenvalue weighted by Crippen LogP contribution is -2.10. The van der Waals surface area contributed by atoms with Crippen molar-refractivity contribution in [1.29, 1.82) is 0 Å². The summed E-state index contributed by atoms with van der Waals surface area (Å²) in [5, 5.41) is 5.27. The molecule has 1 unspecified atom stereocenters. The van der Waals surface area contributed by atoms with E-state index in [1.807, 2.05) is 0 Å². The highest BCUT2D eigenvalue weighted by atomic mass is 16.5. The number of para-hydroxylation sites is 1. The van der Waals surface area contributed by atoms with E-state index in [2.05, 4.69) is 73.0 Å². The van der Waals surface area contributed by atoms with E-state index < -0.39 is 0 Å². The molecule has 27 heavy (non-hydrogen) atoms.